The summed E-state index contributed by atoms with van der Waals surface area (Å²) in [5.74, 6) is 1.64. The number of nitrogens with zero attached hydrogens (tertiary/aromatic N) is 4. The van der Waals surface area contributed by atoms with Crippen molar-refractivity contribution in [3.05, 3.63) is 312 Å². The highest BCUT2D eigenvalue weighted by molar-refractivity contribution is 5.85. The normalized spacial score (nSPS) is 11.0. The van der Waals surface area contributed by atoms with Crippen LogP contribution in [0.4, 0.5) is 68.2 Å². The molecule has 0 spiro atoms. The van der Waals surface area contributed by atoms with Crippen LogP contribution in [0.2, 0.25) is 0 Å². The second-order valence-corrected chi connectivity index (χ2v) is 22.2. The van der Waals surface area contributed by atoms with Crippen LogP contribution < -0.4 is 29.1 Å². The molecule has 0 saturated heterocycles. The molecule has 0 unspecified atom stereocenters. The maximum absolute atomic E-state index is 5.59. The summed E-state index contributed by atoms with van der Waals surface area (Å²) in [7, 11) is 3.41. The lowest BCUT2D eigenvalue weighted by atomic mass is 10.0. The fourth-order valence-electron chi connectivity index (χ4n) is 11.2. The summed E-state index contributed by atoms with van der Waals surface area (Å²) < 4.78 is 11.1. The summed E-state index contributed by atoms with van der Waals surface area (Å²) in [6.45, 7) is 12.9. The van der Waals surface area contributed by atoms with Crippen molar-refractivity contribution >= 4 is 68.2 Å². The number of anilines is 12. The number of rotatable bonds is 17. The van der Waals surface area contributed by atoms with Crippen molar-refractivity contribution in [3.8, 4) is 44.9 Å². The molecule has 0 aliphatic carbocycles. The largest absolute Gasteiger partial charge is 0.497 e. The van der Waals surface area contributed by atoms with Crippen molar-refractivity contribution in [1.29, 1.82) is 0 Å². The van der Waals surface area contributed by atoms with Crippen LogP contribution in [0.5, 0.6) is 11.5 Å². The van der Waals surface area contributed by atoms with Gasteiger partial charge in [0.1, 0.15) is 11.5 Å². The Balaban J connectivity index is 0.788. The van der Waals surface area contributed by atoms with Gasteiger partial charge in [-0.05, 0) is 267 Å². The molecule has 0 saturated carbocycles. The van der Waals surface area contributed by atoms with Crippen molar-refractivity contribution < 1.29 is 9.47 Å². The monoisotopic (exact) mass is 1120 g/mol. The third-order valence-corrected chi connectivity index (χ3v) is 16.5. The van der Waals surface area contributed by atoms with Crippen LogP contribution in [-0.2, 0) is 0 Å². The van der Waals surface area contributed by atoms with Crippen molar-refractivity contribution in [3.63, 3.8) is 0 Å². The van der Waals surface area contributed by atoms with E-state index in [0.717, 1.165) is 113 Å². The fourth-order valence-corrected chi connectivity index (χ4v) is 11.2. The van der Waals surface area contributed by atoms with Crippen LogP contribution in [0.25, 0.3) is 33.4 Å². The van der Waals surface area contributed by atoms with Gasteiger partial charge in [-0.25, -0.2) is 0 Å². The van der Waals surface area contributed by atoms with Gasteiger partial charge in [0.15, 0.2) is 0 Å². The number of ether oxygens (including phenoxy) is 2. The molecule has 6 heteroatoms. The molecule has 0 amide bonds. The number of aryl methyl sites for hydroxylation is 6. The molecule has 0 fully saturated rings. The Morgan fingerprint density at radius 3 is 0.558 bits per heavy atom. The molecular weight excluding hydrogens is 1050 g/mol. The van der Waals surface area contributed by atoms with Crippen molar-refractivity contribution in [2.45, 2.75) is 41.5 Å². The van der Waals surface area contributed by atoms with Crippen LogP contribution in [0, 0.1) is 41.5 Å². The van der Waals surface area contributed by atoms with E-state index < -0.39 is 0 Å². The molecule has 12 rings (SSSR count). The van der Waals surface area contributed by atoms with Gasteiger partial charge in [0.05, 0.1) is 14.2 Å². The Morgan fingerprint density at radius 2 is 0.360 bits per heavy atom. The van der Waals surface area contributed by atoms with E-state index in [1.807, 2.05) is 24.3 Å². The SMILES string of the molecule is COc1ccc(N(c2ccc(-c3ccc(N(c4ccc(C)cc4)c4ccc(-c5ccc(N(c6ccc(OC)cc6)c6ccc(C)c(C)c6)cc5)cc4)cc3)cc2)c2ccc(-c3ccc(N(c4ccc(C)cc4)c4ccc(C)c(C)c4)cc3)cc2)cc1. The molecule has 0 atom stereocenters. The second kappa shape index (κ2) is 24.7. The highest BCUT2D eigenvalue weighted by Gasteiger charge is 2.19. The molecule has 6 nitrogen and oxygen atoms in total. The van der Waals surface area contributed by atoms with Gasteiger partial charge in [-0.3, -0.25) is 0 Å². The quantitative estimate of drug-likeness (QED) is 0.0903. The van der Waals surface area contributed by atoms with E-state index in [1.54, 1.807) is 14.2 Å². The zero-order valence-electron chi connectivity index (χ0n) is 50.2. The standard InChI is InChI=1S/C80H70N4O2/c1-55-9-27-67(28-10-55)81(70-35-17-63(18-36-70)66-25-43-74(44-26-66)84(76-47-51-80(86-8)52-48-76)78-32-14-58(4)60(6)54-78)69-33-15-61(16-34-69)62-19-37-71(38-20-62)82(75-45-49-79(85-7)50-46-75)72-39-21-64(22-40-72)65-23-41-73(42-24-65)83(68-29-11-56(2)12-30-68)77-31-13-57(3)59(5)53-77/h9-54H,1-8H3. The van der Waals surface area contributed by atoms with Crippen LogP contribution in [0.3, 0.4) is 0 Å². The van der Waals surface area contributed by atoms with E-state index in [9.17, 15) is 0 Å². The first-order valence-corrected chi connectivity index (χ1v) is 29.3. The zero-order chi connectivity index (χ0) is 59.3. The third kappa shape index (κ3) is 12.0. The van der Waals surface area contributed by atoms with Crippen LogP contribution in [0.1, 0.15) is 33.4 Å². The Bertz CT molecular complexity index is 4240. The van der Waals surface area contributed by atoms with Gasteiger partial charge in [-0.1, -0.05) is 120 Å². The lowest BCUT2D eigenvalue weighted by molar-refractivity contribution is 0.414. The molecule has 86 heavy (non-hydrogen) atoms. The highest BCUT2D eigenvalue weighted by Crippen LogP contribution is 2.43. The van der Waals surface area contributed by atoms with E-state index in [1.165, 1.54) is 33.4 Å². The Hall–Kier alpha value is -10.6. The minimum absolute atomic E-state index is 0.812. The molecule has 0 aliphatic heterocycles. The van der Waals surface area contributed by atoms with Gasteiger partial charge >= 0.3 is 0 Å². The molecule has 0 aliphatic rings. The highest BCUT2D eigenvalue weighted by atomic mass is 16.5. The molecular formula is C80H70N4O2. The van der Waals surface area contributed by atoms with Gasteiger partial charge < -0.3 is 29.1 Å². The summed E-state index contributed by atoms with van der Waals surface area (Å²) in [4.78, 5) is 9.26. The number of hydrogen-bond acceptors (Lipinski definition) is 6. The molecule has 12 aromatic carbocycles. The Morgan fingerprint density at radius 1 is 0.186 bits per heavy atom. The van der Waals surface area contributed by atoms with E-state index in [2.05, 4.69) is 316 Å². The first kappa shape index (κ1) is 55.9. The summed E-state index contributed by atoms with van der Waals surface area (Å²) in [6.07, 6.45) is 0. The van der Waals surface area contributed by atoms with E-state index in [0.29, 0.717) is 0 Å². The first-order valence-electron chi connectivity index (χ1n) is 29.3. The summed E-state index contributed by atoms with van der Waals surface area (Å²) >= 11 is 0. The van der Waals surface area contributed by atoms with Crippen LogP contribution >= 0.6 is 0 Å². The lowest BCUT2D eigenvalue weighted by Crippen LogP contribution is -2.10. The second-order valence-electron chi connectivity index (χ2n) is 22.2. The molecule has 12 aromatic rings. The Kier molecular flexibility index (Phi) is 16.1. The Labute approximate surface area is 507 Å². The minimum Gasteiger partial charge on any atom is -0.497 e. The van der Waals surface area contributed by atoms with Crippen LogP contribution in [-0.4, -0.2) is 14.2 Å². The molecule has 0 aromatic heterocycles. The van der Waals surface area contributed by atoms with Crippen molar-refractivity contribution in [2.24, 2.45) is 0 Å². The fraction of sp³-hybridized carbons (Fsp3) is 0.100. The predicted molar refractivity (Wildman–Crippen MR) is 363 cm³/mol. The van der Waals surface area contributed by atoms with Crippen molar-refractivity contribution in [2.75, 3.05) is 33.8 Å². The smallest absolute Gasteiger partial charge is 0.119 e. The third-order valence-electron chi connectivity index (χ3n) is 16.5. The molecule has 422 valence electrons. The maximum Gasteiger partial charge on any atom is 0.119 e. The summed E-state index contributed by atoms with van der Waals surface area (Å²) in [5.41, 5.74) is 27.4. The topological polar surface area (TPSA) is 31.4 Å². The average molecular weight is 1120 g/mol. The van der Waals surface area contributed by atoms with Gasteiger partial charge in [0.2, 0.25) is 0 Å². The lowest BCUT2D eigenvalue weighted by Gasteiger charge is -2.27. The van der Waals surface area contributed by atoms with E-state index in [4.69, 9.17) is 9.47 Å². The van der Waals surface area contributed by atoms with Gasteiger partial charge in [-0.15, -0.1) is 0 Å². The van der Waals surface area contributed by atoms with Gasteiger partial charge in [0, 0.05) is 68.2 Å². The molecule has 0 N–H and O–H groups in total. The number of benzene rings is 12. The maximum atomic E-state index is 5.59. The van der Waals surface area contributed by atoms with Gasteiger partial charge in [-0.2, -0.15) is 0 Å². The zero-order valence-corrected chi connectivity index (χ0v) is 50.2. The molecule has 0 heterocycles. The van der Waals surface area contributed by atoms with Crippen molar-refractivity contribution in [1.82, 2.24) is 0 Å². The average Bonchev–Trinajstić information content (AvgIpc) is 2.88. The minimum atomic E-state index is 0.812. The van der Waals surface area contributed by atoms with Crippen LogP contribution in [0.15, 0.2) is 279 Å². The summed E-state index contributed by atoms with van der Waals surface area (Å²) in [5, 5.41) is 0. The first-order chi connectivity index (χ1) is 42.0. The van der Waals surface area contributed by atoms with E-state index >= 15 is 0 Å². The van der Waals surface area contributed by atoms with E-state index in [-0.39, 0.29) is 0 Å². The van der Waals surface area contributed by atoms with Gasteiger partial charge in [0.25, 0.3) is 0 Å². The predicted octanol–water partition coefficient (Wildman–Crippen LogP) is 22.4. The molecule has 0 radical (unpaired) electrons. The summed E-state index contributed by atoms with van der Waals surface area (Å²) in [6, 6.07) is 101. The number of methoxy groups -OCH3 is 2. The molecule has 0 bridgehead atoms. The number of hydrogen-bond donors (Lipinski definition) is 0.